The quantitative estimate of drug-likeness (QED) is 0.738. The van der Waals surface area contributed by atoms with E-state index in [4.69, 9.17) is 0 Å². The van der Waals surface area contributed by atoms with Gasteiger partial charge in [0.2, 0.25) is 16.0 Å². The second kappa shape index (κ2) is 7.86. The summed E-state index contributed by atoms with van der Waals surface area (Å²) >= 11 is 0. The van der Waals surface area contributed by atoms with Gasteiger partial charge in [-0.3, -0.25) is 9.36 Å². The molecule has 29 heavy (non-hydrogen) atoms. The molecule has 1 aliphatic carbocycles. The maximum absolute atomic E-state index is 12.9. The summed E-state index contributed by atoms with van der Waals surface area (Å²) in [5.41, 5.74) is 0.975. The molecular weight excluding hydrogens is 394 g/mol. The van der Waals surface area contributed by atoms with Gasteiger partial charge < -0.3 is 10.6 Å². The summed E-state index contributed by atoms with van der Waals surface area (Å²) in [7, 11) is -1.47. The number of sulfonamides is 1. The Morgan fingerprint density at radius 3 is 2.41 bits per heavy atom. The largest absolute Gasteiger partial charge is 0.369 e. The first-order valence-electron chi connectivity index (χ1n) is 10.1. The van der Waals surface area contributed by atoms with Crippen LogP contribution in [-0.2, 0) is 10.0 Å². The first-order valence-corrected chi connectivity index (χ1v) is 11.9. The van der Waals surface area contributed by atoms with Crippen LogP contribution in [0.4, 0.5) is 11.8 Å². The monoisotopic (exact) mass is 421 g/mol. The van der Waals surface area contributed by atoms with Crippen LogP contribution in [0.3, 0.4) is 0 Å². The van der Waals surface area contributed by atoms with Crippen molar-refractivity contribution in [1.29, 1.82) is 0 Å². The van der Waals surface area contributed by atoms with Crippen LogP contribution in [0.25, 0.3) is 11.2 Å². The second-order valence-electron chi connectivity index (χ2n) is 7.81. The maximum Gasteiger partial charge on any atom is 0.295 e. The highest BCUT2D eigenvalue weighted by atomic mass is 32.2. The molecular formula is C18H27N7O3S. The van der Waals surface area contributed by atoms with Crippen molar-refractivity contribution in [1.82, 2.24) is 23.8 Å². The van der Waals surface area contributed by atoms with Crippen molar-refractivity contribution < 1.29 is 8.42 Å². The van der Waals surface area contributed by atoms with E-state index in [1.54, 1.807) is 17.8 Å². The highest BCUT2D eigenvalue weighted by molar-refractivity contribution is 7.88. The number of fused-ring (bicyclic) bond motifs is 1. The molecule has 0 atom stereocenters. The fourth-order valence-electron chi connectivity index (χ4n) is 4.25. The Morgan fingerprint density at radius 2 is 1.79 bits per heavy atom. The number of anilines is 2. The molecule has 0 aromatic carbocycles. The van der Waals surface area contributed by atoms with E-state index < -0.39 is 10.0 Å². The van der Waals surface area contributed by atoms with E-state index in [0.29, 0.717) is 48.9 Å². The third-order valence-corrected chi connectivity index (χ3v) is 7.12. The predicted octanol–water partition coefficient (Wildman–Crippen LogP) is 1.18. The van der Waals surface area contributed by atoms with Crippen LogP contribution in [0, 0.1) is 0 Å². The summed E-state index contributed by atoms with van der Waals surface area (Å²) in [5.74, 6) is 0.752. The van der Waals surface area contributed by atoms with Gasteiger partial charge in [-0.15, -0.1) is 0 Å². The summed E-state index contributed by atoms with van der Waals surface area (Å²) in [6, 6.07) is 0.211. The van der Waals surface area contributed by atoms with Crippen LogP contribution < -0.4 is 16.2 Å². The molecule has 0 unspecified atom stereocenters. The number of rotatable bonds is 5. The Morgan fingerprint density at radius 1 is 1.10 bits per heavy atom. The average molecular weight is 422 g/mol. The fourth-order valence-corrected chi connectivity index (χ4v) is 5.12. The molecule has 0 spiro atoms. The Balaban J connectivity index is 1.62. The van der Waals surface area contributed by atoms with E-state index in [2.05, 4.69) is 25.6 Å². The first-order chi connectivity index (χ1) is 13.9. The van der Waals surface area contributed by atoms with E-state index in [-0.39, 0.29) is 17.6 Å². The van der Waals surface area contributed by atoms with Crippen molar-refractivity contribution >= 4 is 33.0 Å². The van der Waals surface area contributed by atoms with Crippen molar-refractivity contribution in [3.8, 4) is 0 Å². The van der Waals surface area contributed by atoms with Crippen molar-refractivity contribution in [2.45, 2.75) is 50.6 Å². The third kappa shape index (κ3) is 4.06. The molecule has 2 aromatic heterocycles. The minimum absolute atomic E-state index is 0.0849. The van der Waals surface area contributed by atoms with Crippen LogP contribution in [-0.4, -0.2) is 64.7 Å². The molecule has 2 fully saturated rings. The second-order valence-corrected chi connectivity index (χ2v) is 9.79. The molecule has 1 aliphatic heterocycles. The minimum Gasteiger partial charge on any atom is -0.369 e. The maximum atomic E-state index is 12.9. The standard InChI is InChI=1S/C18H27N7O3S/c1-19-15-17(26)25(13-5-3-4-6-13)16-14(22-15)11-20-18(23-16)21-12-7-9-24(10-8-12)29(2,27)28/h11-13H,3-10H2,1-2H3,(H,19,22)(H,20,21,23). The van der Waals surface area contributed by atoms with Crippen molar-refractivity contribution in [3.63, 3.8) is 0 Å². The Kier molecular flexibility index (Phi) is 5.43. The fraction of sp³-hybridized carbons (Fsp3) is 0.667. The summed E-state index contributed by atoms with van der Waals surface area (Å²) in [4.78, 5) is 26.3. The zero-order valence-electron chi connectivity index (χ0n) is 16.8. The Labute approximate surface area is 169 Å². The number of nitrogens with zero attached hydrogens (tertiary/aromatic N) is 5. The van der Waals surface area contributed by atoms with Crippen LogP contribution in [0.5, 0.6) is 0 Å². The lowest BCUT2D eigenvalue weighted by Gasteiger charge is -2.30. The van der Waals surface area contributed by atoms with E-state index in [9.17, 15) is 13.2 Å². The number of aromatic nitrogens is 4. The summed E-state index contributed by atoms with van der Waals surface area (Å²) < 4.78 is 26.6. The van der Waals surface area contributed by atoms with Gasteiger partial charge in [0.05, 0.1) is 12.5 Å². The summed E-state index contributed by atoms with van der Waals surface area (Å²) in [6.07, 6.45) is 8.36. The van der Waals surface area contributed by atoms with Gasteiger partial charge in [0.25, 0.3) is 5.56 Å². The molecule has 2 aliphatic rings. The molecule has 10 nitrogen and oxygen atoms in total. The molecule has 158 valence electrons. The first kappa shape index (κ1) is 20.0. The molecule has 11 heteroatoms. The molecule has 1 saturated heterocycles. The van der Waals surface area contributed by atoms with Crippen molar-refractivity contribution in [2.75, 3.05) is 37.0 Å². The molecule has 2 N–H and O–H groups in total. The summed E-state index contributed by atoms with van der Waals surface area (Å²) in [5, 5.41) is 6.19. The van der Waals surface area contributed by atoms with Gasteiger partial charge >= 0.3 is 0 Å². The predicted molar refractivity (Wildman–Crippen MR) is 112 cm³/mol. The van der Waals surface area contributed by atoms with E-state index in [0.717, 1.165) is 25.7 Å². The third-order valence-electron chi connectivity index (χ3n) is 5.81. The van der Waals surface area contributed by atoms with Crippen molar-refractivity contribution in [2.24, 2.45) is 0 Å². The molecule has 0 radical (unpaired) electrons. The number of hydrogen-bond donors (Lipinski definition) is 2. The zero-order valence-corrected chi connectivity index (χ0v) is 17.6. The lowest BCUT2D eigenvalue weighted by atomic mass is 10.1. The molecule has 3 heterocycles. The lowest BCUT2D eigenvalue weighted by molar-refractivity contribution is 0.331. The SMILES string of the molecule is CNc1nc2cnc(NC3CCN(S(C)(=O)=O)CC3)nc2n(C2CCCC2)c1=O. The highest BCUT2D eigenvalue weighted by Crippen LogP contribution is 2.30. The van der Waals surface area contributed by atoms with Gasteiger partial charge in [0, 0.05) is 32.2 Å². The van der Waals surface area contributed by atoms with Crippen LogP contribution in [0.1, 0.15) is 44.6 Å². The van der Waals surface area contributed by atoms with Gasteiger partial charge in [0.1, 0.15) is 5.52 Å². The van der Waals surface area contributed by atoms with E-state index in [1.807, 2.05) is 0 Å². The minimum atomic E-state index is -3.16. The van der Waals surface area contributed by atoms with Crippen LogP contribution in [0.2, 0.25) is 0 Å². The number of hydrogen-bond acceptors (Lipinski definition) is 8. The molecule has 0 amide bonds. The Hall–Kier alpha value is -2.27. The van der Waals surface area contributed by atoms with Gasteiger partial charge in [-0.2, -0.15) is 4.98 Å². The number of nitrogens with one attached hydrogen (secondary N) is 2. The van der Waals surface area contributed by atoms with E-state index in [1.165, 1.54) is 10.6 Å². The molecule has 2 aromatic rings. The highest BCUT2D eigenvalue weighted by Gasteiger charge is 2.26. The molecule has 1 saturated carbocycles. The molecule has 4 rings (SSSR count). The molecule has 0 bridgehead atoms. The van der Waals surface area contributed by atoms with E-state index >= 15 is 0 Å². The van der Waals surface area contributed by atoms with Crippen LogP contribution in [0.15, 0.2) is 11.0 Å². The topological polar surface area (TPSA) is 122 Å². The average Bonchev–Trinajstić information content (AvgIpc) is 3.21. The normalized spacial score (nSPS) is 19.7. The van der Waals surface area contributed by atoms with Gasteiger partial charge in [-0.25, -0.2) is 22.7 Å². The zero-order chi connectivity index (χ0) is 20.6. The van der Waals surface area contributed by atoms with Gasteiger partial charge in [0.15, 0.2) is 11.5 Å². The lowest BCUT2D eigenvalue weighted by Crippen LogP contribution is -2.42. The Bertz CT molecular complexity index is 1060. The summed E-state index contributed by atoms with van der Waals surface area (Å²) in [6.45, 7) is 0.952. The smallest absolute Gasteiger partial charge is 0.295 e. The van der Waals surface area contributed by atoms with Crippen LogP contribution >= 0.6 is 0 Å². The van der Waals surface area contributed by atoms with Gasteiger partial charge in [-0.05, 0) is 25.7 Å². The number of piperidine rings is 1. The van der Waals surface area contributed by atoms with Crippen molar-refractivity contribution in [3.05, 3.63) is 16.6 Å². The van der Waals surface area contributed by atoms with Gasteiger partial charge in [-0.1, -0.05) is 12.8 Å².